The van der Waals surface area contributed by atoms with Crippen LogP contribution in [0.5, 0.6) is 0 Å². The Morgan fingerprint density at radius 1 is 1.33 bits per heavy atom. The van der Waals surface area contributed by atoms with Crippen LogP contribution in [-0.2, 0) is 0 Å². The topological polar surface area (TPSA) is 12.0 Å². The van der Waals surface area contributed by atoms with Gasteiger partial charge in [-0.3, -0.25) is 0 Å². The molecule has 0 amide bonds. The second-order valence-corrected chi connectivity index (χ2v) is 4.70. The Labute approximate surface area is 78.8 Å². The van der Waals surface area contributed by atoms with Crippen molar-refractivity contribution in [2.75, 3.05) is 6.54 Å². The number of alkyl halides is 4. The second-order valence-electron chi connectivity index (χ2n) is 3.64. The highest BCUT2D eigenvalue weighted by Gasteiger charge is 2.36. The second kappa shape index (κ2) is 3.96. The van der Waals surface area contributed by atoms with Gasteiger partial charge in [0.15, 0.2) is 6.17 Å². The number of rotatable bonds is 3. The lowest BCUT2D eigenvalue weighted by Gasteiger charge is -2.23. The monoisotopic (exact) mass is 247 g/mol. The van der Waals surface area contributed by atoms with Gasteiger partial charge in [0.1, 0.15) is 0 Å². The maximum atomic E-state index is 12.6. The molecule has 0 spiro atoms. The normalized spacial score (nSPS) is 16.2. The Hall–Kier alpha value is 0.230. The summed E-state index contributed by atoms with van der Waals surface area (Å²) in [5, 5.41) is 2.64. The van der Waals surface area contributed by atoms with Gasteiger partial charge in [-0.05, 0) is 36.7 Å². The van der Waals surface area contributed by atoms with Crippen molar-refractivity contribution in [2.45, 2.75) is 37.3 Å². The van der Waals surface area contributed by atoms with Crippen molar-refractivity contribution in [1.82, 2.24) is 5.32 Å². The van der Waals surface area contributed by atoms with Gasteiger partial charge in [-0.2, -0.15) is 8.78 Å². The van der Waals surface area contributed by atoms with Crippen molar-refractivity contribution in [1.29, 1.82) is 0 Å². The van der Waals surface area contributed by atoms with Crippen LogP contribution in [0.3, 0.4) is 0 Å². The average molecular weight is 248 g/mol. The number of hydrogen-bond donors (Lipinski definition) is 1. The SMILES string of the molecule is CC(C)(C)NCC(F)C(F)(F)Br. The predicted octanol–water partition coefficient (Wildman–Crippen LogP) is 2.70. The zero-order chi connectivity index (χ0) is 9.99. The summed E-state index contributed by atoms with van der Waals surface area (Å²) >= 11 is 1.96. The molecule has 0 fully saturated rings. The lowest BCUT2D eigenvalue weighted by atomic mass is 10.1. The molecule has 0 radical (unpaired) electrons. The fourth-order valence-corrected chi connectivity index (χ4v) is 0.673. The van der Waals surface area contributed by atoms with Crippen molar-refractivity contribution in [2.24, 2.45) is 0 Å². The first-order valence-electron chi connectivity index (χ1n) is 3.59. The largest absolute Gasteiger partial charge is 0.333 e. The van der Waals surface area contributed by atoms with Crippen molar-refractivity contribution < 1.29 is 13.2 Å². The van der Waals surface area contributed by atoms with E-state index in [0.717, 1.165) is 0 Å². The maximum absolute atomic E-state index is 12.6. The molecule has 1 atom stereocenters. The van der Waals surface area contributed by atoms with Crippen LogP contribution in [0.25, 0.3) is 0 Å². The minimum Gasteiger partial charge on any atom is -0.309 e. The summed E-state index contributed by atoms with van der Waals surface area (Å²) in [6, 6.07) is 0. The first-order chi connectivity index (χ1) is 5.13. The fourth-order valence-electron chi connectivity index (χ4n) is 0.512. The van der Waals surface area contributed by atoms with Gasteiger partial charge >= 0.3 is 4.83 Å². The summed E-state index contributed by atoms with van der Waals surface area (Å²) in [5.41, 5.74) is -0.345. The summed E-state index contributed by atoms with van der Waals surface area (Å²) in [6.45, 7) is 4.99. The molecule has 1 nitrogen and oxygen atoms in total. The van der Waals surface area contributed by atoms with E-state index in [9.17, 15) is 13.2 Å². The summed E-state index contributed by atoms with van der Waals surface area (Å²) < 4.78 is 37.0. The van der Waals surface area contributed by atoms with Gasteiger partial charge in [0.2, 0.25) is 0 Å². The lowest BCUT2D eigenvalue weighted by Crippen LogP contribution is -2.43. The van der Waals surface area contributed by atoms with Crippen molar-refractivity contribution >= 4 is 15.9 Å². The molecule has 5 heteroatoms. The van der Waals surface area contributed by atoms with Crippen molar-refractivity contribution in [3.8, 4) is 0 Å². The van der Waals surface area contributed by atoms with Gasteiger partial charge < -0.3 is 5.32 Å². The molecule has 0 aliphatic rings. The highest BCUT2D eigenvalue weighted by Crippen LogP contribution is 2.28. The quantitative estimate of drug-likeness (QED) is 0.757. The molecule has 1 unspecified atom stereocenters. The summed E-state index contributed by atoms with van der Waals surface area (Å²) in [4.78, 5) is -3.44. The Kier molecular flexibility index (Phi) is 4.03. The van der Waals surface area contributed by atoms with Crippen LogP contribution in [0.2, 0.25) is 0 Å². The van der Waals surface area contributed by atoms with E-state index in [1.807, 2.05) is 15.9 Å². The van der Waals surface area contributed by atoms with Crippen LogP contribution in [0, 0.1) is 0 Å². The van der Waals surface area contributed by atoms with Crippen LogP contribution in [0.15, 0.2) is 0 Å². The molecular weight excluding hydrogens is 235 g/mol. The first kappa shape index (κ1) is 12.2. The minimum absolute atomic E-state index is 0.345. The fraction of sp³-hybridized carbons (Fsp3) is 1.00. The zero-order valence-corrected chi connectivity index (χ0v) is 8.88. The third kappa shape index (κ3) is 5.83. The molecule has 0 heterocycles. The van der Waals surface area contributed by atoms with Gasteiger partial charge in [0.05, 0.1) is 0 Å². The van der Waals surface area contributed by atoms with Crippen LogP contribution in [0.4, 0.5) is 13.2 Å². The smallest absolute Gasteiger partial charge is 0.309 e. The van der Waals surface area contributed by atoms with E-state index in [0.29, 0.717) is 0 Å². The van der Waals surface area contributed by atoms with Gasteiger partial charge in [0.25, 0.3) is 0 Å². The lowest BCUT2D eigenvalue weighted by molar-refractivity contribution is 0.0199. The third-order valence-corrected chi connectivity index (χ3v) is 1.66. The van der Waals surface area contributed by atoms with Crippen LogP contribution in [-0.4, -0.2) is 23.1 Å². The summed E-state index contributed by atoms with van der Waals surface area (Å²) in [6.07, 6.45) is -2.20. The first-order valence-corrected chi connectivity index (χ1v) is 4.38. The maximum Gasteiger partial charge on any atom is 0.333 e. The molecule has 0 rings (SSSR count). The molecule has 12 heavy (non-hydrogen) atoms. The number of hydrogen-bond acceptors (Lipinski definition) is 1. The van der Waals surface area contributed by atoms with E-state index < -0.39 is 11.0 Å². The molecule has 1 N–H and O–H groups in total. The molecule has 74 valence electrons. The van der Waals surface area contributed by atoms with Crippen molar-refractivity contribution in [3.63, 3.8) is 0 Å². The summed E-state index contributed by atoms with van der Waals surface area (Å²) in [5.74, 6) is 0. The molecular formula is C7H13BrF3N. The molecule has 0 aromatic carbocycles. The van der Waals surface area contributed by atoms with E-state index in [1.54, 1.807) is 20.8 Å². The average Bonchev–Trinajstić information content (AvgIpc) is 1.78. The predicted molar refractivity (Wildman–Crippen MR) is 46.5 cm³/mol. The van der Waals surface area contributed by atoms with Crippen LogP contribution in [0.1, 0.15) is 20.8 Å². The van der Waals surface area contributed by atoms with E-state index in [4.69, 9.17) is 0 Å². The molecule has 0 aromatic rings. The molecule has 0 saturated heterocycles. The Morgan fingerprint density at radius 2 is 1.75 bits per heavy atom. The van der Waals surface area contributed by atoms with E-state index in [1.165, 1.54) is 0 Å². The van der Waals surface area contributed by atoms with Gasteiger partial charge in [-0.1, -0.05) is 0 Å². The zero-order valence-electron chi connectivity index (χ0n) is 7.30. The Bertz CT molecular complexity index is 139. The molecule has 0 aliphatic heterocycles. The van der Waals surface area contributed by atoms with E-state index in [-0.39, 0.29) is 12.1 Å². The Balaban J connectivity index is 3.80. The van der Waals surface area contributed by atoms with Gasteiger partial charge in [-0.15, -0.1) is 0 Å². The number of halogens is 4. The third-order valence-electron chi connectivity index (χ3n) is 1.17. The van der Waals surface area contributed by atoms with Crippen LogP contribution >= 0.6 is 15.9 Å². The molecule has 0 bridgehead atoms. The summed E-state index contributed by atoms with van der Waals surface area (Å²) in [7, 11) is 0. The molecule has 0 aromatic heterocycles. The van der Waals surface area contributed by atoms with Gasteiger partial charge in [0, 0.05) is 12.1 Å². The van der Waals surface area contributed by atoms with E-state index >= 15 is 0 Å². The molecule has 0 aliphatic carbocycles. The molecule has 0 saturated carbocycles. The highest BCUT2D eigenvalue weighted by molar-refractivity contribution is 9.10. The highest BCUT2D eigenvalue weighted by atomic mass is 79.9. The Morgan fingerprint density at radius 3 is 2.00 bits per heavy atom. The standard InChI is InChI=1S/C7H13BrF3N/c1-6(2,3)12-4-5(9)7(8,10)11/h5,12H,4H2,1-3H3. The van der Waals surface area contributed by atoms with Crippen molar-refractivity contribution in [3.05, 3.63) is 0 Å². The van der Waals surface area contributed by atoms with Crippen LogP contribution < -0.4 is 5.32 Å². The number of nitrogens with one attached hydrogen (secondary N) is 1. The van der Waals surface area contributed by atoms with Gasteiger partial charge in [-0.25, -0.2) is 4.39 Å². The minimum atomic E-state index is -3.44. The van der Waals surface area contributed by atoms with E-state index in [2.05, 4.69) is 5.32 Å².